The Bertz CT molecular complexity index is 577. The van der Waals surface area contributed by atoms with Crippen LogP contribution >= 0.6 is 27.5 Å². The molecular formula is C19H21BrClNO2. The molecule has 1 aliphatic rings. The monoisotopic (exact) mass is 409 g/mol. The van der Waals surface area contributed by atoms with Crippen LogP contribution in [0.3, 0.4) is 0 Å². The highest BCUT2D eigenvalue weighted by Crippen LogP contribution is 2.22. The summed E-state index contributed by atoms with van der Waals surface area (Å²) in [6.07, 6.45) is 1.11. The quantitative estimate of drug-likeness (QED) is 0.743. The van der Waals surface area contributed by atoms with Gasteiger partial charge in [-0.1, -0.05) is 27.5 Å². The Morgan fingerprint density at radius 2 is 1.38 bits per heavy atom. The summed E-state index contributed by atoms with van der Waals surface area (Å²) in [6, 6.07) is 15.5. The van der Waals surface area contributed by atoms with E-state index in [1.807, 2.05) is 48.5 Å². The van der Waals surface area contributed by atoms with Crippen molar-refractivity contribution in [1.82, 2.24) is 5.32 Å². The van der Waals surface area contributed by atoms with E-state index in [1.54, 1.807) is 0 Å². The molecule has 0 saturated carbocycles. The second-order valence-corrected chi connectivity index (χ2v) is 7.51. The molecule has 3 nitrogen and oxygen atoms in total. The lowest BCUT2D eigenvalue weighted by molar-refractivity contribution is 0.150. The summed E-state index contributed by atoms with van der Waals surface area (Å²) in [7, 11) is 0. The highest BCUT2D eigenvalue weighted by molar-refractivity contribution is 9.10. The van der Waals surface area contributed by atoms with Crippen LogP contribution in [-0.2, 0) is 0 Å². The van der Waals surface area contributed by atoms with Gasteiger partial charge in [0, 0.05) is 34.4 Å². The molecule has 0 unspecified atom stereocenters. The molecule has 0 bridgehead atoms. The van der Waals surface area contributed by atoms with Gasteiger partial charge < -0.3 is 14.8 Å². The first kappa shape index (κ1) is 17.6. The Balaban J connectivity index is 1.43. The lowest BCUT2D eigenvalue weighted by Gasteiger charge is -2.29. The third-order valence-electron chi connectivity index (χ3n) is 4.13. The molecule has 1 fully saturated rings. The molecule has 24 heavy (non-hydrogen) atoms. The van der Waals surface area contributed by atoms with Gasteiger partial charge in [0.25, 0.3) is 0 Å². The van der Waals surface area contributed by atoms with Crippen molar-refractivity contribution in [2.75, 3.05) is 26.3 Å². The predicted molar refractivity (Wildman–Crippen MR) is 101 cm³/mol. The first-order valence-corrected chi connectivity index (χ1v) is 9.33. The fourth-order valence-corrected chi connectivity index (χ4v) is 3.26. The Labute approximate surface area is 156 Å². The van der Waals surface area contributed by atoms with Gasteiger partial charge in [-0.2, -0.15) is 0 Å². The van der Waals surface area contributed by atoms with E-state index in [1.165, 1.54) is 0 Å². The summed E-state index contributed by atoms with van der Waals surface area (Å²) in [6.45, 7) is 3.42. The van der Waals surface area contributed by atoms with E-state index in [4.69, 9.17) is 21.1 Å². The maximum absolute atomic E-state index is 5.91. The number of benzene rings is 2. The Kier molecular flexibility index (Phi) is 6.41. The predicted octanol–water partition coefficient (Wildman–Crippen LogP) is 4.79. The van der Waals surface area contributed by atoms with E-state index in [0.717, 1.165) is 47.1 Å². The summed E-state index contributed by atoms with van der Waals surface area (Å²) in [5.74, 6) is 2.78. The first-order chi connectivity index (χ1) is 11.7. The lowest BCUT2D eigenvalue weighted by Crippen LogP contribution is -2.40. The molecule has 0 amide bonds. The van der Waals surface area contributed by atoms with E-state index in [-0.39, 0.29) is 0 Å². The standard InChI is InChI=1S/C19H21BrClNO2/c20-16-1-5-18(6-2-16)23-12-14-9-15(11-22-10-14)13-24-19-7-3-17(21)4-8-19/h1-8,14-15,22H,9-13H2/t14-,15-/m1/s1. The fraction of sp³-hybridized carbons (Fsp3) is 0.368. The minimum atomic E-state index is 0.493. The lowest BCUT2D eigenvalue weighted by atomic mass is 9.91. The highest BCUT2D eigenvalue weighted by atomic mass is 79.9. The van der Waals surface area contributed by atoms with Crippen LogP contribution < -0.4 is 14.8 Å². The molecule has 0 radical (unpaired) electrons. The molecule has 2 aromatic carbocycles. The molecule has 0 aliphatic carbocycles. The van der Waals surface area contributed by atoms with Gasteiger partial charge in [0.15, 0.2) is 0 Å². The molecule has 1 N–H and O–H groups in total. The molecule has 0 aromatic heterocycles. The van der Waals surface area contributed by atoms with Crippen molar-refractivity contribution >= 4 is 27.5 Å². The third-order valence-corrected chi connectivity index (χ3v) is 4.91. The van der Waals surface area contributed by atoms with E-state index in [9.17, 15) is 0 Å². The molecule has 2 atom stereocenters. The largest absolute Gasteiger partial charge is 0.493 e. The Morgan fingerprint density at radius 3 is 1.92 bits per heavy atom. The summed E-state index contributed by atoms with van der Waals surface area (Å²) in [5.41, 5.74) is 0. The Hall–Kier alpha value is -1.23. The van der Waals surface area contributed by atoms with Crippen LogP contribution in [0, 0.1) is 11.8 Å². The average Bonchev–Trinajstić information content (AvgIpc) is 2.61. The van der Waals surface area contributed by atoms with Gasteiger partial charge in [-0.25, -0.2) is 0 Å². The normalized spacial score (nSPS) is 20.6. The number of hydrogen-bond acceptors (Lipinski definition) is 3. The maximum Gasteiger partial charge on any atom is 0.119 e. The molecule has 0 spiro atoms. The number of halogens is 2. The molecule has 5 heteroatoms. The van der Waals surface area contributed by atoms with Crippen molar-refractivity contribution in [2.45, 2.75) is 6.42 Å². The average molecular weight is 411 g/mol. The number of ether oxygens (including phenoxy) is 2. The second kappa shape index (κ2) is 8.75. The summed E-state index contributed by atoms with van der Waals surface area (Å²) in [5, 5.41) is 4.22. The van der Waals surface area contributed by atoms with Crippen molar-refractivity contribution in [3.63, 3.8) is 0 Å². The zero-order chi connectivity index (χ0) is 16.8. The Morgan fingerprint density at radius 1 is 0.875 bits per heavy atom. The van der Waals surface area contributed by atoms with Gasteiger partial charge in [-0.15, -0.1) is 0 Å². The smallest absolute Gasteiger partial charge is 0.119 e. The number of hydrogen-bond donors (Lipinski definition) is 1. The van der Waals surface area contributed by atoms with Crippen molar-refractivity contribution in [3.8, 4) is 11.5 Å². The second-order valence-electron chi connectivity index (χ2n) is 6.16. The number of rotatable bonds is 6. The molecule has 1 saturated heterocycles. The summed E-state index contributed by atoms with van der Waals surface area (Å²) < 4.78 is 12.9. The molecule has 128 valence electrons. The van der Waals surface area contributed by atoms with E-state index in [2.05, 4.69) is 21.2 Å². The minimum absolute atomic E-state index is 0.493. The third kappa shape index (κ3) is 5.40. The number of nitrogens with one attached hydrogen (secondary N) is 1. The van der Waals surface area contributed by atoms with E-state index in [0.29, 0.717) is 18.4 Å². The first-order valence-electron chi connectivity index (χ1n) is 8.16. The zero-order valence-corrected chi connectivity index (χ0v) is 15.7. The van der Waals surface area contributed by atoms with Crippen LogP contribution in [0.2, 0.25) is 5.02 Å². The molecule has 3 rings (SSSR count). The van der Waals surface area contributed by atoms with E-state index < -0.39 is 0 Å². The van der Waals surface area contributed by atoms with Crippen molar-refractivity contribution in [3.05, 3.63) is 58.0 Å². The van der Waals surface area contributed by atoms with Gasteiger partial charge in [-0.05, 0) is 55.0 Å². The molecule has 1 aliphatic heterocycles. The van der Waals surface area contributed by atoms with Crippen LogP contribution in [0.4, 0.5) is 0 Å². The summed E-state index contributed by atoms with van der Waals surface area (Å²) in [4.78, 5) is 0. The van der Waals surface area contributed by atoms with Gasteiger partial charge >= 0.3 is 0 Å². The van der Waals surface area contributed by atoms with Gasteiger partial charge in [0.05, 0.1) is 13.2 Å². The van der Waals surface area contributed by atoms with Crippen LogP contribution in [-0.4, -0.2) is 26.3 Å². The van der Waals surface area contributed by atoms with Crippen molar-refractivity contribution in [1.29, 1.82) is 0 Å². The van der Waals surface area contributed by atoms with Gasteiger partial charge in [0.1, 0.15) is 11.5 Å². The highest BCUT2D eigenvalue weighted by Gasteiger charge is 2.22. The topological polar surface area (TPSA) is 30.5 Å². The van der Waals surface area contributed by atoms with Crippen LogP contribution in [0.25, 0.3) is 0 Å². The van der Waals surface area contributed by atoms with Crippen molar-refractivity contribution < 1.29 is 9.47 Å². The number of piperidine rings is 1. The molecular weight excluding hydrogens is 390 g/mol. The fourth-order valence-electron chi connectivity index (χ4n) is 2.87. The van der Waals surface area contributed by atoms with Gasteiger partial charge in [0.2, 0.25) is 0 Å². The molecule has 1 heterocycles. The van der Waals surface area contributed by atoms with Crippen LogP contribution in [0.15, 0.2) is 53.0 Å². The minimum Gasteiger partial charge on any atom is -0.493 e. The zero-order valence-electron chi connectivity index (χ0n) is 13.4. The summed E-state index contributed by atoms with van der Waals surface area (Å²) >= 11 is 9.33. The van der Waals surface area contributed by atoms with Gasteiger partial charge in [-0.3, -0.25) is 0 Å². The SMILES string of the molecule is Clc1ccc(OC[C@H]2CNC[C@H](COc3ccc(Br)cc3)C2)cc1. The van der Waals surface area contributed by atoms with Crippen molar-refractivity contribution in [2.24, 2.45) is 11.8 Å². The van der Waals surface area contributed by atoms with Crippen LogP contribution in [0.5, 0.6) is 11.5 Å². The maximum atomic E-state index is 5.91. The van der Waals surface area contributed by atoms with E-state index >= 15 is 0 Å². The van der Waals surface area contributed by atoms with Crippen LogP contribution in [0.1, 0.15) is 6.42 Å². The molecule has 2 aromatic rings.